The highest BCUT2D eigenvalue weighted by Crippen LogP contribution is 2.27. The van der Waals surface area contributed by atoms with Crippen LogP contribution in [-0.4, -0.2) is 32.0 Å². The fourth-order valence-electron chi connectivity index (χ4n) is 4.93. The molecular formula is C25H25N5O3S. The van der Waals surface area contributed by atoms with Crippen LogP contribution in [0.3, 0.4) is 0 Å². The number of piperidine rings is 1. The minimum atomic E-state index is -0.151. The molecule has 0 bridgehead atoms. The lowest BCUT2D eigenvalue weighted by Crippen LogP contribution is -2.32. The Morgan fingerprint density at radius 2 is 1.97 bits per heavy atom. The summed E-state index contributed by atoms with van der Waals surface area (Å²) in [6.07, 6.45) is 3.65. The van der Waals surface area contributed by atoms with Gasteiger partial charge in [0.25, 0.3) is 11.1 Å². The fraction of sp³-hybridized carbons (Fsp3) is 0.320. The maximum absolute atomic E-state index is 13.9. The Hall–Kier alpha value is -3.43. The average Bonchev–Trinajstić information content (AvgIpc) is 3.56. The Bertz CT molecular complexity index is 1570. The highest BCUT2D eigenvalue weighted by atomic mass is 32.1. The zero-order valence-electron chi connectivity index (χ0n) is 18.9. The molecule has 1 N–H and O–H groups in total. The Balaban J connectivity index is 1.58. The van der Waals surface area contributed by atoms with E-state index in [1.54, 1.807) is 27.6 Å². The molecule has 6 rings (SSSR count). The molecule has 5 heterocycles. The number of rotatable bonds is 5. The summed E-state index contributed by atoms with van der Waals surface area (Å²) in [6, 6.07) is 13.1. The largest absolute Gasteiger partial charge is 0.467 e. The first-order valence-corrected chi connectivity index (χ1v) is 12.4. The van der Waals surface area contributed by atoms with Gasteiger partial charge in [-0.05, 0) is 63.0 Å². The highest BCUT2D eigenvalue weighted by Gasteiger charge is 2.24. The topological polar surface area (TPSA) is 87.0 Å². The molecule has 0 spiro atoms. The van der Waals surface area contributed by atoms with E-state index >= 15 is 0 Å². The first-order valence-electron chi connectivity index (χ1n) is 11.5. The van der Waals surface area contributed by atoms with E-state index in [4.69, 9.17) is 9.40 Å². The van der Waals surface area contributed by atoms with E-state index in [9.17, 15) is 9.59 Å². The van der Waals surface area contributed by atoms with Crippen molar-refractivity contribution in [2.75, 3.05) is 13.1 Å². The van der Waals surface area contributed by atoms with Crippen LogP contribution < -0.4 is 16.4 Å². The van der Waals surface area contributed by atoms with Crippen LogP contribution in [0.5, 0.6) is 0 Å². The number of hydrogen-bond donors (Lipinski definition) is 1. The lowest BCUT2D eigenvalue weighted by molar-refractivity contribution is 0.315. The third kappa shape index (κ3) is 3.52. The summed E-state index contributed by atoms with van der Waals surface area (Å²) < 4.78 is 11.8. The van der Waals surface area contributed by atoms with Gasteiger partial charge in [-0.1, -0.05) is 23.5 Å². The summed E-state index contributed by atoms with van der Waals surface area (Å²) in [5.41, 5.74) is 1.88. The Morgan fingerprint density at radius 3 is 2.74 bits per heavy atom. The van der Waals surface area contributed by atoms with Gasteiger partial charge < -0.3 is 14.3 Å². The van der Waals surface area contributed by atoms with Gasteiger partial charge in [-0.2, -0.15) is 4.68 Å². The lowest BCUT2D eigenvalue weighted by Gasteiger charge is -2.24. The normalized spacial score (nSPS) is 15.0. The van der Waals surface area contributed by atoms with Crippen molar-refractivity contribution < 1.29 is 4.42 Å². The average molecular weight is 476 g/mol. The number of aromatic nitrogens is 4. The molecule has 5 aromatic rings. The molecule has 4 aromatic heterocycles. The van der Waals surface area contributed by atoms with Crippen LogP contribution in [0.1, 0.15) is 24.3 Å². The minimum absolute atomic E-state index is 0.145. The van der Waals surface area contributed by atoms with Gasteiger partial charge in [0.1, 0.15) is 5.76 Å². The second kappa shape index (κ2) is 8.41. The van der Waals surface area contributed by atoms with Gasteiger partial charge in [0, 0.05) is 18.3 Å². The van der Waals surface area contributed by atoms with Gasteiger partial charge >= 0.3 is 0 Å². The van der Waals surface area contributed by atoms with Crippen molar-refractivity contribution in [3.63, 3.8) is 0 Å². The van der Waals surface area contributed by atoms with Crippen LogP contribution >= 0.6 is 11.3 Å². The number of para-hydroxylation sites is 1. The van der Waals surface area contributed by atoms with Crippen LogP contribution in [0.15, 0.2) is 62.7 Å². The summed E-state index contributed by atoms with van der Waals surface area (Å²) in [5.74, 6) is 1.09. The maximum atomic E-state index is 13.9. The number of nitrogens with zero attached hydrogens (tertiary/aromatic N) is 4. The van der Waals surface area contributed by atoms with Gasteiger partial charge in [0.05, 0.1) is 33.9 Å². The molecule has 1 fully saturated rings. The van der Waals surface area contributed by atoms with E-state index in [2.05, 4.69) is 5.32 Å². The molecule has 0 unspecified atom stereocenters. The van der Waals surface area contributed by atoms with Crippen molar-refractivity contribution in [2.24, 2.45) is 5.92 Å². The maximum Gasteiger partial charge on any atom is 0.283 e. The number of aryl methyl sites for hydroxylation is 1. The Kier molecular flexibility index (Phi) is 5.23. The van der Waals surface area contributed by atoms with Gasteiger partial charge in [-0.25, -0.2) is 4.98 Å². The number of nitrogens with one attached hydrogen (secondary N) is 1. The minimum Gasteiger partial charge on any atom is -0.467 e. The molecule has 1 saturated heterocycles. The number of pyridine rings is 1. The van der Waals surface area contributed by atoms with E-state index < -0.39 is 0 Å². The van der Waals surface area contributed by atoms with Crippen LogP contribution in [0, 0.1) is 12.8 Å². The van der Waals surface area contributed by atoms with Crippen LogP contribution in [0.25, 0.3) is 26.3 Å². The van der Waals surface area contributed by atoms with Crippen LogP contribution in [0.2, 0.25) is 0 Å². The van der Waals surface area contributed by atoms with Gasteiger partial charge in [0.15, 0.2) is 0 Å². The van der Waals surface area contributed by atoms with E-state index in [0.717, 1.165) is 36.1 Å². The first kappa shape index (κ1) is 21.1. The third-order valence-corrected chi connectivity index (χ3v) is 7.73. The number of thiazole rings is 1. The fourth-order valence-corrected chi connectivity index (χ4v) is 5.90. The van der Waals surface area contributed by atoms with Crippen molar-refractivity contribution in [3.05, 3.63) is 80.9 Å². The third-order valence-electron chi connectivity index (χ3n) is 6.72. The number of hydrogen-bond acceptors (Lipinski definition) is 6. The second-order valence-corrected chi connectivity index (χ2v) is 9.86. The van der Waals surface area contributed by atoms with E-state index in [0.29, 0.717) is 40.0 Å². The molecule has 174 valence electrons. The Morgan fingerprint density at radius 1 is 1.15 bits per heavy atom. The number of furan rings is 1. The molecule has 0 radical (unpaired) electrons. The molecular weight excluding hydrogens is 450 g/mol. The summed E-state index contributed by atoms with van der Waals surface area (Å²) in [6.45, 7) is 4.71. The predicted molar refractivity (Wildman–Crippen MR) is 133 cm³/mol. The summed E-state index contributed by atoms with van der Waals surface area (Å²) in [5, 5.41) is 4.58. The van der Waals surface area contributed by atoms with Crippen molar-refractivity contribution >= 4 is 32.5 Å². The molecule has 34 heavy (non-hydrogen) atoms. The van der Waals surface area contributed by atoms with Crippen molar-refractivity contribution in [1.82, 2.24) is 24.2 Å². The summed E-state index contributed by atoms with van der Waals surface area (Å²) >= 11 is 1.49. The number of fused-ring (bicyclic) bond motifs is 2. The Labute approximate surface area is 199 Å². The molecule has 1 aliphatic rings. The van der Waals surface area contributed by atoms with Crippen LogP contribution in [0.4, 0.5) is 0 Å². The van der Waals surface area contributed by atoms with E-state index in [-0.39, 0.29) is 17.7 Å². The predicted octanol–water partition coefficient (Wildman–Crippen LogP) is 3.51. The van der Waals surface area contributed by atoms with Crippen molar-refractivity contribution in [2.45, 2.75) is 32.9 Å². The molecule has 0 amide bonds. The van der Waals surface area contributed by atoms with Crippen molar-refractivity contribution in [3.8, 4) is 5.13 Å². The lowest BCUT2D eigenvalue weighted by atomic mass is 9.98. The first-order chi connectivity index (χ1) is 16.6. The monoisotopic (exact) mass is 475 g/mol. The van der Waals surface area contributed by atoms with Crippen molar-refractivity contribution in [1.29, 1.82) is 0 Å². The highest BCUT2D eigenvalue weighted by molar-refractivity contribution is 7.20. The quantitative estimate of drug-likeness (QED) is 0.420. The zero-order valence-corrected chi connectivity index (χ0v) is 19.7. The van der Waals surface area contributed by atoms with E-state index in [1.807, 2.05) is 41.9 Å². The standard InChI is InChI=1S/C25H25N5O3S/c1-16-23-20(13-22(31)28(16)15-18-5-4-12-33-18)29(14-17-8-10-26-11-9-17)30(24(23)32)25-27-19-6-2-3-7-21(19)34-25/h2-7,12-13,17,26H,8-11,14-15H2,1H3. The van der Waals surface area contributed by atoms with Gasteiger partial charge in [0.2, 0.25) is 5.13 Å². The molecule has 1 aliphatic heterocycles. The van der Waals surface area contributed by atoms with E-state index in [1.165, 1.54) is 11.3 Å². The second-order valence-electron chi connectivity index (χ2n) is 8.85. The summed E-state index contributed by atoms with van der Waals surface area (Å²) in [4.78, 5) is 31.9. The number of benzene rings is 1. The summed E-state index contributed by atoms with van der Waals surface area (Å²) in [7, 11) is 0. The molecule has 0 aliphatic carbocycles. The molecule has 1 aromatic carbocycles. The molecule has 0 atom stereocenters. The van der Waals surface area contributed by atoms with Gasteiger partial charge in [-0.15, -0.1) is 0 Å². The van der Waals surface area contributed by atoms with Gasteiger partial charge in [-0.3, -0.25) is 14.3 Å². The molecule has 8 nitrogen and oxygen atoms in total. The molecule has 0 saturated carbocycles. The van der Waals surface area contributed by atoms with Crippen LogP contribution in [-0.2, 0) is 13.1 Å². The smallest absolute Gasteiger partial charge is 0.283 e. The zero-order chi connectivity index (χ0) is 23.2. The SMILES string of the molecule is Cc1c2c(=O)n(-c3nc4ccccc4s3)n(CC3CCNCC3)c2cc(=O)n1Cc1ccco1. The molecule has 9 heteroatoms.